The van der Waals surface area contributed by atoms with E-state index in [0.717, 1.165) is 24.2 Å². The molecular formula is C19H23NO4S. The van der Waals surface area contributed by atoms with Crippen LogP contribution in [0, 0.1) is 0 Å². The monoisotopic (exact) mass is 361 g/mol. The van der Waals surface area contributed by atoms with Gasteiger partial charge in [0.1, 0.15) is 11.5 Å². The highest BCUT2D eigenvalue weighted by Crippen LogP contribution is 2.37. The molecule has 0 bridgehead atoms. The van der Waals surface area contributed by atoms with E-state index in [2.05, 4.69) is 0 Å². The molecule has 0 aliphatic carbocycles. The minimum Gasteiger partial charge on any atom is -0.497 e. The van der Waals surface area contributed by atoms with Gasteiger partial charge in [0.15, 0.2) is 0 Å². The molecule has 0 amide bonds. The van der Waals surface area contributed by atoms with E-state index < -0.39 is 10.0 Å². The first-order valence-electron chi connectivity index (χ1n) is 8.45. The van der Waals surface area contributed by atoms with Gasteiger partial charge in [0.25, 0.3) is 0 Å². The number of benzene rings is 2. The Morgan fingerprint density at radius 1 is 1.04 bits per heavy atom. The smallest absolute Gasteiger partial charge is 0.243 e. The zero-order valence-electron chi connectivity index (χ0n) is 14.5. The molecule has 0 radical (unpaired) electrons. The zero-order valence-corrected chi connectivity index (χ0v) is 15.3. The van der Waals surface area contributed by atoms with E-state index in [1.54, 1.807) is 35.7 Å². The average Bonchev–Trinajstić information content (AvgIpc) is 3.13. The minimum atomic E-state index is -3.54. The molecule has 0 aromatic heterocycles. The topological polar surface area (TPSA) is 55.8 Å². The normalized spacial score (nSPS) is 18.2. The highest BCUT2D eigenvalue weighted by atomic mass is 32.2. The first kappa shape index (κ1) is 17.8. The lowest BCUT2D eigenvalue weighted by Gasteiger charge is -2.24. The third-order valence-corrected chi connectivity index (χ3v) is 6.37. The van der Waals surface area contributed by atoms with Gasteiger partial charge in [-0.3, -0.25) is 0 Å². The van der Waals surface area contributed by atoms with E-state index in [0.29, 0.717) is 23.8 Å². The van der Waals surface area contributed by atoms with Gasteiger partial charge in [-0.15, -0.1) is 0 Å². The second-order valence-electron chi connectivity index (χ2n) is 5.95. The molecule has 0 saturated carbocycles. The van der Waals surface area contributed by atoms with Gasteiger partial charge < -0.3 is 9.47 Å². The van der Waals surface area contributed by atoms with Crippen LogP contribution < -0.4 is 9.47 Å². The van der Waals surface area contributed by atoms with Gasteiger partial charge in [-0.25, -0.2) is 8.42 Å². The lowest BCUT2D eigenvalue weighted by atomic mass is 10.1. The molecule has 134 valence electrons. The van der Waals surface area contributed by atoms with Crippen molar-refractivity contribution in [3.05, 3.63) is 54.1 Å². The minimum absolute atomic E-state index is 0.137. The summed E-state index contributed by atoms with van der Waals surface area (Å²) in [7, 11) is -1.92. The molecular weight excluding hydrogens is 338 g/mol. The van der Waals surface area contributed by atoms with Crippen molar-refractivity contribution in [1.82, 2.24) is 4.31 Å². The number of ether oxygens (including phenoxy) is 2. The number of hydrogen-bond acceptors (Lipinski definition) is 4. The summed E-state index contributed by atoms with van der Waals surface area (Å²) in [6.07, 6.45) is 1.68. The number of hydrogen-bond donors (Lipinski definition) is 0. The fraction of sp³-hybridized carbons (Fsp3) is 0.368. The second kappa shape index (κ2) is 7.45. The van der Waals surface area contributed by atoms with Crippen molar-refractivity contribution in [3.63, 3.8) is 0 Å². The van der Waals surface area contributed by atoms with Crippen LogP contribution in [0.15, 0.2) is 53.4 Å². The van der Waals surface area contributed by atoms with Crippen LogP contribution in [0.5, 0.6) is 11.5 Å². The third-order valence-electron chi connectivity index (χ3n) is 4.45. The first-order chi connectivity index (χ1) is 12.1. The molecule has 1 unspecified atom stereocenters. The average molecular weight is 361 g/mol. The Kier molecular flexibility index (Phi) is 5.30. The molecule has 1 fully saturated rings. The summed E-state index contributed by atoms with van der Waals surface area (Å²) >= 11 is 0. The molecule has 25 heavy (non-hydrogen) atoms. The van der Waals surface area contributed by atoms with E-state index in [4.69, 9.17) is 9.47 Å². The Labute approximate surface area is 149 Å². The summed E-state index contributed by atoms with van der Waals surface area (Å²) in [4.78, 5) is 0.302. The Hall–Kier alpha value is -2.05. The van der Waals surface area contributed by atoms with Crippen LogP contribution in [0.1, 0.15) is 31.4 Å². The summed E-state index contributed by atoms with van der Waals surface area (Å²) in [5.74, 6) is 1.44. The summed E-state index contributed by atoms with van der Waals surface area (Å²) in [5, 5.41) is 0. The van der Waals surface area contributed by atoms with Gasteiger partial charge in [-0.05, 0) is 61.7 Å². The molecule has 6 heteroatoms. The van der Waals surface area contributed by atoms with Crippen LogP contribution in [0.3, 0.4) is 0 Å². The predicted molar refractivity (Wildman–Crippen MR) is 96.5 cm³/mol. The Balaban J connectivity index is 1.86. The van der Waals surface area contributed by atoms with Gasteiger partial charge in [-0.1, -0.05) is 12.1 Å². The van der Waals surface area contributed by atoms with Crippen LogP contribution in [-0.2, 0) is 10.0 Å². The molecule has 1 aliphatic heterocycles. The summed E-state index contributed by atoms with van der Waals surface area (Å²) in [6.45, 7) is 2.98. The summed E-state index contributed by atoms with van der Waals surface area (Å²) in [6, 6.07) is 14.1. The number of nitrogens with zero attached hydrogens (tertiary/aromatic N) is 1. The van der Waals surface area contributed by atoms with Crippen LogP contribution in [-0.4, -0.2) is 33.0 Å². The van der Waals surface area contributed by atoms with E-state index in [1.165, 1.54) is 0 Å². The maximum absolute atomic E-state index is 13.1. The maximum atomic E-state index is 13.1. The van der Waals surface area contributed by atoms with E-state index in [9.17, 15) is 8.42 Å². The lowest BCUT2D eigenvalue weighted by Crippen LogP contribution is -2.30. The first-order valence-corrected chi connectivity index (χ1v) is 9.89. The zero-order chi connectivity index (χ0) is 17.9. The molecule has 1 atom stereocenters. The Morgan fingerprint density at radius 3 is 2.28 bits per heavy atom. The van der Waals surface area contributed by atoms with Crippen molar-refractivity contribution in [2.24, 2.45) is 0 Å². The van der Waals surface area contributed by atoms with Crippen LogP contribution in [0.4, 0.5) is 0 Å². The molecule has 1 aliphatic rings. The fourth-order valence-corrected chi connectivity index (χ4v) is 4.88. The van der Waals surface area contributed by atoms with Crippen molar-refractivity contribution in [1.29, 1.82) is 0 Å². The van der Waals surface area contributed by atoms with Crippen molar-refractivity contribution >= 4 is 10.0 Å². The molecule has 3 rings (SSSR count). The standard InChI is InChI=1S/C19H23NO4S/c1-3-24-17-10-12-18(13-11-17)25(21,22)20-14-4-5-19(20)15-6-8-16(23-2)9-7-15/h6-13,19H,3-5,14H2,1-2H3. The largest absolute Gasteiger partial charge is 0.497 e. The van der Waals surface area contributed by atoms with E-state index in [1.807, 2.05) is 31.2 Å². The maximum Gasteiger partial charge on any atom is 0.243 e. The quantitative estimate of drug-likeness (QED) is 0.788. The van der Waals surface area contributed by atoms with Crippen molar-refractivity contribution in [3.8, 4) is 11.5 Å². The van der Waals surface area contributed by atoms with Crippen molar-refractivity contribution in [2.45, 2.75) is 30.7 Å². The van der Waals surface area contributed by atoms with Gasteiger partial charge in [0.05, 0.1) is 24.7 Å². The third kappa shape index (κ3) is 3.65. The summed E-state index contributed by atoms with van der Waals surface area (Å²) < 4.78 is 38.3. The molecule has 2 aromatic rings. The van der Waals surface area contributed by atoms with Crippen LogP contribution in [0.25, 0.3) is 0 Å². The Morgan fingerprint density at radius 2 is 1.68 bits per heavy atom. The van der Waals surface area contributed by atoms with Crippen molar-refractivity contribution < 1.29 is 17.9 Å². The van der Waals surface area contributed by atoms with Gasteiger partial charge in [0.2, 0.25) is 10.0 Å². The molecule has 1 heterocycles. The number of methoxy groups -OCH3 is 1. The van der Waals surface area contributed by atoms with Gasteiger partial charge in [-0.2, -0.15) is 4.31 Å². The summed E-state index contributed by atoms with van der Waals surface area (Å²) in [5.41, 5.74) is 0.993. The fourth-order valence-electron chi connectivity index (χ4n) is 3.20. The van der Waals surface area contributed by atoms with E-state index >= 15 is 0 Å². The van der Waals surface area contributed by atoms with Gasteiger partial charge in [0, 0.05) is 6.54 Å². The predicted octanol–water partition coefficient (Wildman–Crippen LogP) is 3.62. The highest BCUT2D eigenvalue weighted by molar-refractivity contribution is 7.89. The lowest BCUT2D eigenvalue weighted by molar-refractivity contribution is 0.340. The Bertz CT molecular complexity index is 800. The SMILES string of the molecule is CCOc1ccc(S(=O)(=O)N2CCCC2c2ccc(OC)cc2)cc1. The number of rotatable bonds is 6. The molecule has 0 spiro atoms. The number of sulfonamides is 1. The second-order valence-corrected chi connectivity index (χ2v) is 7.84. The van der Waals surface area contributed by atoms with Crippen LogP contribution in [0.2, 0.25) is 0 Å². The van der Waals surface area contributed by atoms with Crippen LogP contribution >= 0.6 is 0 Å². The van der Waals surface area contributed by atoms with Crippen molar-refractivity contribution in [2.75, 3.05) is 20.3 Å². The molecule has 2 aromatic carbocycles. The molecule has 5 nitrogen and oxygen atoms in total. The van der Waals surface area contributed by atoms with Gasteiger partial charge >= 0.3 is 0 Å². The molecule has 0 N–H and O–H groups in total. The highest BCUT2D eigenvalue weighted by Gasteiger charge is 2.36. The van der Waals surface area contributed by atoms with E-state index in [-0.39, 0.29) is 6.04 Å². The molecule has 1 saturated heterocycles.